The molecule has 0 aromatic heterocycles. The van der Waals surface area contributed by atoms with Crippen molar-refractivity contribution in [3.8, 4) is 5.75 Å². The van der Waals surface area contributed by atoms with Gasteiger partial charge >= 0.3 is 0 Å². The number of benzene rings is 1. The molecule has 1 aromatic rings. The lowest BCUT2D eigenvalue weighted by Gasteiger charge is -2.47. The molecule has 3 nitrogen and oxygen atoms in total. The van der Waals surface area contributed by atoms with Crippen molar-refractivity contribution in [2.75, 3.05) is 20.3 Å². The van der Waals surface area contributed by atoms with Crippen LogP contribution in [0.5, 0.6) is 5.75 Å². The molecule has 19 heavy (non-hydrogen) atoms. The van der Waals surface area contributed by atoms with Gasteiger partial charge in [0.2, 0.25) is 0 Å². The van der Waals surface area contributed by atoms with Gasteiger partial charge in [-0.3, -0.25) is 0 Å². The van der Waals surface area contributed by atoms with Crippen LogP contribution in [0.2, 0.25) is 0 Å². The van der Waals surface area contributed by atoms with E-state index in [-0.39, 0.29) is 11.0 Å². The van der Waals surface area contributed by atoms with Crippen LogP contribution in [0, 0.1) is 0 Å². The van der Waals surface area contributed by atoms with Gasteiger partial charge in [-0.05, 0) is 30.4 Å². The third kappa shape index (κ3) is 1.79. The zero-order chi connectivity index (χ0) is 13.7. The Hall–Kier alpha value is -1.06. The van der Waals surface area contributed by atoms with Gasteiger partial charge in [0.1, 0.15) is 5.75 Å². The maximum atomic E-state index is 6.53. The second-order valence-corrected chi connectivity index (χ2v) is 6.35. The van der Waals surface area contributed by atoms with Gasteiger partial charge in [-0.15, -0.1) is 0 Å². The number of methoxy groups -OCH3 is 1. The molecule has 1 aliphatic carbocycles. The molecule has 0 amide bonds. The standard InChI is InChI=1S/C16H23NO2/c1-11(2)12-4-5-14(18-3)13(8-12)15(9-19-10-15)16(17)6-7-16/h4-5,8,11H,6-7,9-10,17H2,1-3H3. The summed E-state index contributed by atoms with van der Waals surface area (Å²) in [6.45, 7) is 5.87. The number of nitrogens with two attached hydrogens (primary N) is 1. The summed E-state index contributed by atoms with van der Waals surface area (Å²) in [5, 5.41) is 0. The molecule has 3 rings (SSSR count). The lowest BCUT2D eigenvalue weighted by molar-refractivity contribution is -0.0795. The normalized spacial score (nSPS) is 23.0. The van der Waals surface area contributed by atoms with Crippen molar-refractivity contribution in [2.45, 2.75) is 43.6 Å². The molecule has 2 fully saturated rings. The van der Waals surface area contributed by atoms with E-state index in [9.17, 15) is 0 Å². The first-order valence-corrected chi connectivity index (χ1v) is 7.07. The molecule has 3 heteroatoms. The fraction of sp³-hybridized carbons (Fsp3) is 0.625. The van der Waals surface area contributed by atoms with Crippen molar-refractivity contribution in [3.05, 3.63) is 29.3 Å². The van der Waals surface area contributed by atoms with Crippen LogP contribution in [0.1, 0.15) is 43.7 Å². The lowest BCUT2D eigenvalue weighted by atomic mass is 9.69. The highest BCUT2D eigenvalue weighted by atomic mass is 16.5. The Kier molecular flexibility index (Phi) is 2.88. The molecule has 0 bridgehead atoms. The van der Waals surface area contributed by atoms with E-state index in [1.54, 1.807) is 7.11 Å². The van der Waals surface area contributed by atoms with Gasteiger partial charge in [0, 0.05) is 11.1 Å². The number of hydrogen-bond acceptors (Lipinski definition) is 3. The quantitative estimate of drug-likeness (QED) is 0.906. The number of rotatable bonds is 4. The van der Waals surface area contributed by atoms with E-state index in [0.29, 0.717) is 5.92 Å². The average molecular weight is 261 g/mol. The van der Waals surface area contributed by atoms with E-state index in [0.717, 1.165) is 31.8 Å². The Labute approximate surface area is 115 Å². The average Bonchev–Trinajstić information content (AvgIpc) is 3.06. The van der Waals surface area contributed by atoms with Gasteiger partial charge in [-0.1, -0.05) is 26.0 Å². The van der Waals surface area contributed by atoms with E-state index in [1.807, 2.05) is 0 Å². The molecule has 0 unspecified atom stereocenters. The van der Waals surface area contributed by atoms with Crippen molar-refractivity contribution in [1.82, 2.24) is 0 Å². The Morgan fingerprint density at radius 3 is 2.37 bits per heavy atom. The van der Waals surface area contributed by atoms with E-state index < -0.39 is 0 Å². The Morgan fingerprint density at radius 2 is 1.95 bits per heavy atom. The summed E-state index contributed by atoms with van der Waals surface area (Å²) in [5.41, 5.74) is 8.99. The molecule has 0 atom stereocenters. The minimum atomic E-state index is -0.0892. The van der Waals surface area contributed by atoms with Gasteiger partial charge in [0.25, 0.3) is 0 Å². The van der Waals surface area contributed by atoms with Crippen molar-refractivity contribution in [2.24, 2.45) is 5.73 Å². The van der Waals surface area contributed by atoms with E-state index in [4.69, 9.17) is 15.2 Å². The third-order valence-corrected chi connectivity index (χ3v) is 4.84. The molecular formula is C16H23NO2. The number of ether oxygens (including phenoxy) is 2. The van der Waals surface area contributed by atoms with Crippen molar-refractivity contribution in [1.29, 1.82) is 0 Å². The largest absolute Gasteiger partial charge is 0.496 e. The Morgan fingerprint density at radius 1 is 1.26 bits per heavy atom. The Bertz CT molecular complexity index is 488. The van der Waals surface area contributed by atoms with Crippen LogP contribution in [-0.2, 0) is 10.2 Å². The summed E-state index contributed by atoms with van der Waals surface area (Å²) in [7, 11) is 1.73. The molecule has 1 saturated heterocycles. The summed E-state index contributed by atoms with van der Waals surface area (Å²) < 4.78 is 11.1. The topological polar surface area (TPSA) is 44.5 Å². The molecule has 1 heterocycles. The first-order valence-electron chi connectivity index (χ1n) is 7.07. The minimum Gasteiger partial charge on any atom is -0.496 e. The zero-order valence-corrected chi connectivity index (χ0v) is 12.0. The Balaban J connectivity index is 2.09. The van der Waals surface area contributed by atoms with Crippen LogP contribution < -0.4 is 10.5 Å². The summed E-state index contributed by atoms with van der Waals surface area (Å²) in [6, 6.07) is 6.51. The molecule has 2 aliphatic rings. The van der Waals surface area contributed by atoms with Crippen molar-refractivity contribution < 1.29 is 9.47 Å². The smallest absolute Gasteiger partial charge is 0.122 e. The van der Waals surface area contributed by atoms with Gasteiger partial charge in [0.15, 0.2) is 0 Å². The molecule has 1 aromatic carbocycles. The van der Waals surface area contributed by atoms with E-state index in [2.05, 4.69) is 32.0 Å². The van der Waals surface area contributed by atoms with Crippen LogP contribution in [0.25, 0.3) is 0 Å². The summed E-state index contributed by atoms with van der Waals surface area (Å²) in [4.78, 5) is 0. The number of hydrogen-bond donors (Lipinski definition) is 1. The fourth-order valence-corrected chi connectivity index (χ4v) is 3.09. The monoisotopic (exact) mass is 261 g/mol. The van der Waals surface area contributed by atoms with Crippen LogP contribution >= 0.6 is 0 Å². The molecule has 0 radical (unpaired) electrons. The summed E-state index contributed by atoms with van der Waals surface area (Å²) >= 11 is 0. The predicted molar refractivity (Wildman–Crippen MR) is 75.7 cm³/mol. The van der Waals surface area contributed by atoms with Crippen LogP contribution in [-0.4, -0.2) is 25.9 Å². The second kappa shape index (κ2) is 4.22. The minimum absolute atomic E-state index is 0.0384. The summed E-state index contributed by atoms with van der Waals surface area (Å²) in [6.07, 6.45) is 2.18. The van der Waals surface area contributed by atoms with Crippen LogP contribution in [0.15, 0.2) is 18.2 Å². The highest BCUT2D eigenvalue weighted by molar-refractivity contribution is 5.49. The van der Waals surface area contributed by atoms with Crippen molar-refractivity contribution in [3.63, 3.8) is 0 Å². The molecular weight excluding hydrogens is 238 g/mol. The zero-order valence-electron chi connectivity index (χ0n) is 12.0. The first kappa shape index (κ1) is 12.9. The second-order valence-electron chi connectivity index (χ2n) is 6.35. The van der Waals surface area contributed by atoms with Crippen LogP contribution in [0.3, 0.4) is 0 Å². The van der Waals surface area contributed by atoms with Crippen LogP contribution in [0.4, 0.5) is 0 Å². The highest BCUT2D eigenvalue weighted by Crippen LogP contribution is 2.55. The molecule has 2 N–H and O–H groups in total. The van der Waals surface area contributed by atoms with Gasteiger partial charge in [-0.2, -0.15) is 0 Å². The highest BCUT2D eigenvalue weighted by Gasteiger charge is 2.62. The molecule has 1 saturated carbocycles. The maximum absolute atomic E-state index is 6.53. The van der Waals surface area contributed by atoms with Gasteiger partial charge in [0.05, 0.1) is 25.7 Å². The first-order chi connectivity index (χ1) is 9.02. The maximum Gasteiger partial charge on any atom is 0.122 e. The van der Waals surface area contributed by atoms with Gasteiger partial charge < -0.3 is 15.2 Å². The molecule has 104 valence electrons. The van der Waals surface area contributed by atoms with Crippen molar-refractivity contribution >= 4 is 0 Å². The molecule has 1 aliphatic heterocycles. The SMILES string of the molecule is COc1ccc(C(C)C)cc1C1(C2(N)CC2)COC1. The fourth-order valence-electron chi connectivity index (χ4n) is 3.09. The third-order valence-electron chi connectivity index (χ3n) is 4.84. The molecule has 0 spiro atoms. The predicted octanol–water partition coefficient (Wildman–Crippen LogP) is 2.58. The van der Waals surface area contributed by atoms with E-state index >= 15 is 0 Å². The van der Waals surface area contributed by atoms with Gasteiger partial charge in [-0.25, -0.2) is 0 Å². The van der Waals surface area contributed by atoms with E-state index in [1.165, 1.54) is 11.1 Å². The lowest BCUT2D eigenvalue weighted by Crippen LogP contribution is -2.60. The summed E-state index contributed by atoms with van der Waals surface area (Å²) in [5.74, 6) is 1.46.